The Kier molecular flexibility index (Phi) is 3.21. The summed E-state index contributed by atoms with van der Waals surface area (Å²) in [4.78, 5) is 11.2. The van der Waals surface area contributed by atoms with Gasteiger partial charge in [-0.1, -0.05) is 0 Å². The molecule has 18 heavy (non-hydrogen) atoms. The van der Waals surface area contributed by atoms with Crippen molar-refractivity contribution in [3.63, 3.8) is 0 Å². The second-order valence-electron chi connectivity index (χ2n) is 4.58. The number of benzene rings is 1. The van der Waals surface area contributed by atoms with E-state index >= 15 is 0 Å². The summed E-state index contributed by atoms with van der Waals surface area (Å²) >= 11 is 0. The summed E-state index contributed by atoms with van der Waals surface area (Å²) in [5.74, 6) is -2.08. The van der Waals surface area contributed by atoms with E-state index < -0.39 is 23.1 Å². The SMILES string of the molecule is NC(=O)C1(N)CCC(Oc2ccc(F)cc2F)C1. The van der Waals surface area contributed by atoms with Crippen LogP contribution in [0.1, 0.15) is 19.3 Å². The highest BCUT2D eigenvalue weighted by molar-refractivity contribution is 5.84. The van der Waals surface area contributed by atoms with Gasteiger partial charge in [-0.3, -0.25) is 4.79 Å². The van der Waals surface area contributed by atoms with Crippen LogP contribution in [0, 0.1) is 11.6 Å². The maximum Gasteiger partial charge on any atom is 0.237 e. The van der Waals surface area contributed by atoms with Gasteiger partial charge in [0.15, 0.2) is 11.6 Å². The predicted octanol–water partition coefficient (Wildman–Crippen LogP) is 1.08. The maximum absolute atomic E-state index is 13.4. The minimum atomic E-state index is -1.10. The van der Waals surface area contributed by atoms with Gasteiger partial charge in [0.2, 0.25) is 5.91 Å². The van der Waals surface area contributed by atoms with Gasteiger partial charge in [-0.05, 0) is 25.0 Å². The molecule has 2 atom stereocenters. The van der Waals surface area contributed by atoms with Gasteiger partial charge in [-0.25, -0.2) is 8.78 Å². The number of amides is 1. The van der Waals surface area contributed by atoms with Crippen molar-refractivity contribution < 1.29 is 18.3 Å². The van der Waals surface area contributed by atoms with Gasteiger partial charge in [0.05, 0.1) is 5.54 Å². The van der Waals surface area contributed by atoms with Crippen LogP contribution in [0.25, 0.3) is 0 Å². The normalized spacial score (nSPS) is 27.2. The number of ether oxygens (including phenoxy) is 1. The quantitative estimate of drug-likeness (QED) is 0.849. The highest BCUT2D eigenvalue weighted by atomic mass is 19.1. The molecule has 1 aliphatic carbocycles. The fraction of sp³-hybridized carbons (Fsp3) is 0.417. The third kappa shape index (κ3) is 2.43. The number of carbonyl (C=O) groups is 1. The molecule has 0 aromatic heterocycles. The van der Waals surface area contributed by atoms with Crippen LogP contribution < -0.4 is 16.2 Å². The molecule has 1 amide bonds. The summed E-state index contributed by atoms with van der Waals surface area (Å²) in [6.07, 6.45) is 0.757. The molecule has 4 nitrogen and oxygen atoms in total. The van der Waals surface area contributed by atoms with E-state index in [9.17, 15) is 13.6 Å². The van der Waals surface area contributed by atoms with Gasteiger partial charge >= 0.3 is 0 Å². The summed E-state index contributed by atoms with van der Waals surface area (Å²) in [6, 6.07) is 3.07. The van der Waals surface area contributed by atoms with Gasteiger partial charge in [-0.15, -0.1) is 0 Å². The van der Waals surface area contributed by atoms with Gasteiger partial charge in [0, 0.05) is 12.5 Å². The van der Waals surface area contributed by atoms with E-state index in [2.05, 4.69) is 0 Å². The van der Waals surface area contributed by atoms with Crippen molar-refractivity contribution in [3.8, 4) is 5.75 Å². The van der Waals surface area contributed by atoms with Crippen molar-refractivity contribution >= 4 is 5.91 Å². The third-order valence-electron chi connectivity index (χ3n) is 3.18. The lowest BCUT2D eigenvalue weighted by atomic mass is 9.99. The summed E-state index contributed by atoms with van der Waals surface area (Å²) < 4.78 is 31.5. The lowest BCUT2D eigenvalue weighted by Gasteiger charge is -2.20. The molecule has 0 radical (unpaired) electrons. The predicted molar refractivity (Wildman–Crippen MR) is 60.7 cm³/mol. The molecule has 2 rings (SSSR count). The van der Waals surface area contributed by atoms with Crippen LogP contribution in [0.3, 0.4) is 0 Å². The van der Waals surface area contributed by atoms with Crippen molar-refractivity contribution in [2.45, 2.75) is 30.9 Å². The van der Waals surface area contributed by atoms with Gasteiger partial charge < -0.3 is 16.2 Å². The lowest BCUT2D eigenvalue weighted by Crippen LogP contribution is -2.50. The Morgan fingerprint density at radius 3 is 2.72 bits per heavy atom. The average molecular weight is 256 g/mol. The van der Waals surface area contributed by atoms with E-state index in [1.807, 2.05) is 0 Å². The van der Waals surface area contributed by atoms with Crippen molar-refractivity contribution in [2.24, 2.45) is 11.5 Å². The molecule has 2 unspecified atom stereocenters. The first-order chi connectivity index (χ1) is 8.40. The molecule has 0 saturated heterocycles. The number of halogens is 2. The first-order valence-electron chi connectivity index (χ1n) is 5.61. The number of hydrogen-bond acceptors (Lipinski definition) is 3. The smallest absolute Gasteiger partial charge is 0.237 e. The van der Waals surface area contributed by atoms with Gasteiger partial charge in [-0.2, -0.15) is 0 Å². The van der Waals surface area contributed by atoms with Crippen molar-refractivity contribution in [3.05, 3.63) is 29.8 Å². The Balaban J connectivity index is 2.06. The highest BCUT2D eigenvalue weighted by Crippen LogP contribution is 2.31. The molecule has 1 aliphatic rings. The van der Waals surface area contributed by atoms with Crippen LogP contribution >= 0.6 is 0 Å². The molecule has 6 heteroatoms. The largest absolute Gasteiger partial charge is 0.487 e. The molecule has 1 saturated carbocycles. The number of nitrogens with two attached hydrogens (primary N) is 2. The van der Waals surface area contributed by atoms with E-state index in [0.717, 1.165) is 12.1 Å². The Labute approximate surface area is 103 Å². The van der Waals surface area contributed by atoms with Crippen LogP contribution in [0.4, 0.5) is 8.78 Å². The average Bonchev–Trinajstić information content (AvgIpc) is 2.66. The van der Waals surface area contributed by atoms with E-state index in [1.54, 1.807) is 0 Å². The number of hydrogen-bond donors (Lipinski definition) is 2. The van der Waals surface area contributed by atoms with E-state index in [4.69, 9.17) is 16.2 Å². The van der Waals surface area contributed by atoms with Crippen LogP contribution in [0.15, 0.2) is 18.2 Å². The standard InChI is InChI=1S/C12H14F2N2O2/c13-7-1-2-10(9(14)5-7)18-8-3-4-12(16,6-8)11(15)17/h1-2,5,8H,3-4,6,16H2,(H2,15,17). The van der Waals surface area contributed by atoms with Gasteiger partial charge in [0.25, 0.3) is 0 Å². The lowest BCUT2D eigenvalue weighted by molar-refractivity contribution is -0.123. The minimum absolute atomic E-state index is 0.0462. The molecular formula is C12H14F2N2O2. The molecule has 4 N–H and O–H groups in total. The fourth-order valence-corrected chi connectivity index (χ4v) is 2.10. The first kappa shape index (κ1) is 12.8. The summed E-state index contributed by atoms with van der Waals surface area (Å²) in [7, 11) is 0. The Hall–Kier alpha value is -1.69. The second-order valence-corrected chi connectivity index (χ2v) is 4.58. The van der Waals surface area contributed by atoms with Crippen LogP contribution in [0.2, 0.25) is 0 Å². The zero-order chi connectivity index (χ0) is 13.3. The van der Waals surface area contributed by atoms with Crippen molar-refractivity contribution in [2.75, 3.05) is 0 Å². The topological polar surface area (TPSA) is 78.3 Å². The van der Waals surface area contributed by atoms with Crippen LogP contribution in [0.5, 0.6) is 5.75 Å². The molecular weight excluding hydrogens is 242 g/mol. The molecule has 1 aromatic rings. The van der Waals surface area contributed by atoms with Crippen molar-refractivity contribution in [1.29, 1.82) is 0 Å². The molecule has 0 aliphatic heterocycles. The molecule has 0 heterocycles. The molecule has 98 valence electrons. The molecule has 1 fully saturated rings. The third-order valence-corrected chi connectivity index (χ3v) is 3.18. The highest BCUT2D eigenvalue weighted by Gasteiger charge is 2.41. The number of rotatable bonds is 3. The second kappa shape index (κ2) is 4.53. The Morgan fingerprint density at radius 1 is 1.44 bits per heavy atom. The summed E-state index contributed by atoms with van der Waals surface area (Å²) in [5.41, 5.74) is 9.90. The van der Waals surface area contributed by atoms with Gasteiger partial charge in [0.1, 0.15) is 11.9 Å². The first-order valence-corrected chi connectivity index (χ1v) is 5.61. The number of primary amides is 1. The summed E-state index contributed by atoms with van der Waals surface area (Å²) in [5, 5.41) is 0. The van der Waals surface area contributed by atoms with Crippen LogP contribution in [-0.2, 0) is 4.79 Å². The molecule has 0 spiro atoms. The van der Waals surface area contributed by atoms with E-state index in [-0.39, 0.29) is 18.3 Å². The van der Waals surface area contributed by atoms with E-state index in [1.165, 1.54) is 6.07 Å². The maximum atomic E-state index is 13.4. The zero-order valence-corrected chi connectivity index (χ0v) is 9.66. The molecule has 0 bridgehead atoms. The van der Waals surface area contributed by atoms with Crippen LogP contribution in [-0.4, -0.2) is 17.6 Å². The zero-order valence-electron chi connectivity index (χ0n) is 9.66. The van der Waals surface area contributed by atoms with Crippen molar-refractivity contribution in [1.82, 2.24) is 0 Å². The number of carbonyl (C=O) groups excluding carboxylic acids is 1. The Morgan fingerprint density at radius 2 is 2.17 bits per heavy atom. The minimum Gasteiger partial charge on any atom is -0.487 e. The fourth-order valence-electron chi connectivity index (χ4n) is 2.10. The Bertz CT molecular complexity index is 481. The monoisotopic (exact) mass is 256 g/mol. The molecule has 1 aromatic carbocycles. The summed E-state index contributed by atoms with van der Waals surface area (Å²) in [6.45, 7) is 0. The van der Waals surface area contributed by atoms with E-state index in [0.29, 0.717) is 12.8 Å².